The summed E-state index contributed by atoms with van der Waals surface area (Å²) in [7, 11) is 0. The van der Waals surface area contributed by atoms with Crippen LogP contribution in [0.1, 0.15) is 12.8 Å². The molecule has 1 aromatic rings. The number of nitro benzene ring substituents is 1. The zero-order chi connectivity index (χ0) is 13.8. The van der Waals surface area contributed by atoms with Gasteiger partial charge in [-0.15, -0.1) is 0 Å². The summed E-state index contributed by atoms with van der Waals surface area (Å²) in [4.78, 5) is 10.1. The largest absolute Gasteiger partial charge is 0.490 e. The van der Waals surface area contributed by atoms with Crippen molar-refractivity contribution in [3.63, 3.8) is 0 Å². The zero-order valence-corrected chi connectivity index (χ0v) is 11.7. The number of hydrogen-bond acceptors (Lipinski definition) is 4. The Balaban J connectivity index is 1.97. The number of hydrogen-bond donors (Lipinski definition) is 1. The molecule has 0 spiro atoms. The molecular weight excluding hydrogens is 291 g/mol. The Morgan fingerprint density at radius 3 is 2.63 bits per heavy atom. The van der Waals surface area contributed by atoms with Crippen LogP contribution in [0.25, 0.3) is 0 Å². The number of ether oxygens (including phenoxy) is 1. The molecule has 0 aromatic heterocycles. The molecule has 1 fully saturated rings. The van der Waals surface area contributed by atoms with E-state index in [1.165, 1.54) is 12.1 Å². The molecule has 1 saturated heterocycles. The number of nitro groups is 1. The van der Waals surface area contributed by atoms with Crippen molar-refractivity contribution in [2.24, 2.45) is 5.92 Å². The van der Waals surface area contributed by atoms with Crippen LogP contribution in [0.3, 0.4) is 0 Å². The lowest BCUT2D eigenvalue weighted by Gasteiger charge is -2.12. The third-order valence-electron chi connectivity index (χ3n) is 3.13. The van der Waals surface area contributed by atoms with Crippen LogP contribution in [0.2, 0.25) is 10.0 Å². The van der Waals surface area contributed by atoms with Gasteiger partial charge in [0, 0.05) is 12.1 Å². The molecule has 1 atom stereocenters. The molecule has 0 amide bonds. The van der Waals surface area contributed by atoms with Gasteiger partial charge in [-0.25, -0.2) is 0 Å². The SMILES string of the molecule is O=[N+]([O-])c1cc(Cl)c(OCCC2CCNC2)c(Cl)c1. The van der Waals surface area contributed by atoms with E-state index in [-0.39, 0.29) is 15.7 Å². The highest BCUT2D eigenvalue weighted by Gasteiger charge is 2.17. The zero-order valence-electron chi connectivity index (χ0n) is 10.2. The van der Waals surface area contributed by atoms with Crippen LogP contribution in [-0.2, 0) is 0 Å². The van der Waals surface area contributed by atoms with Gasteiger partial charge in [0.1, 0.15) is 0 Å². The van der Waals surface area contributed by atoms with Gasteiger partial charge in [0.05, 0.1) is 21.6 Å². The van der Waals surface area contributed by atoms with Crippen molar-refractivity contribution >= 4 is 28.9 Å². The molecule has 0 bridgehead atoms. The first-order valence-corrected chi connectivity index (χ1v) is 6.80. The summed E-state index contributed by atoms with van der Waals surface area (Å²) >= 11 is 11.9. The fourth-order valence-electron chi connectivity index (χ4n) is 2.08. The van der Waals surface area contributed by atoms with Crippen molar-refractivity contribution < 1.29 is 9.66 Å². The number of nitrogens with one attached hydrogen (secondary N) is 1. The van der Waals surface area contributed by atoms with Gasteiger partial charge in [-0.3, -0.25) is 10.1 Å². The number of benzene rings is 1. The fourth-order valence-corrected chi connectivity index (χ4v) is 2.66. The van der Waals surface area contributed by atoms with E-state index in [9.17, 15) is 10.1 Å². The molecule has 0 aliphatic carbocycles. The van der Waals surface area contributed by atoms with Gasteiger partial charge < -0.3 is 10.1 Å². The molecular formula is C12H14Cl2N2O3. The Morgan fingerprint density at radius 1 is 1.42 bits per heavy atom. The topological polar surface area (TPSA) is 64.4 Å². The molecule has 1 unspecified atom stereocenters. The molecule has 2 rings (SSSR count). The Bertz CT molecular complexity index is 453. The molecule has 0 saturated carbocycles. The molecule has 1 N–H and O–H groups in total. The van der Waals surface area contributed by atoms with Gasteiger partial charge in [-0.1, -0.05) is 23.2 Å². The first-order chi connectivity index (χ1) is 9.08. The van der Waals surface area contributed by atoms with Gasteiger partial charge in [-0.05, 0) is 31.8 Å². The lowest BCUT2D eigenvalue weighted by Crippen LogP contribution is -2.11. The van der Waals surface area contributed by atoms with E-state index in [1.807, 2.05) is 0 Å². The first kappa shape index (κ1) is 14.4. The second kappa shape index (κ2) is 6.41. The van der Waals surface area contributed by atoms with Crippen LogP contribution >= 0.6 is 23.2 Å². The predicted octanol–water partition coefficient (Wildman–Crippen LogP) is 3.28. The maximum absolute atomic E-state index is 10.6. The summed E-state index contributed by atoms with van der Waals surface area (Å²) in [5, 5.41) is 14.3. The van der Waals surface area contributed by atoms with E-state index in [0.717, 1.165) is 25.9 Å². The molecule has 1 aliphatic heterocycles. The van der Waals surface area contributed by atoms with Gasteiger partial charge in [0.15, 0.2) is 5.75 Å². The first-order valence-electron chi connectivity index (χ1n) is 6.05. The van der Waals surface area contributed by atoms with Gasteiger partial charge in [-0.2, -0.15) is 0 Å². The number of nitrogens with zero attached hydrogens (tertiary/aromatic N) is 1. The number of rotatable bonds is 5. The third-order valence-corrected chi connectivity index (χ3v) is 3.69. The summed E-state index contributed by atoms with van der Waals surface area (Å²) in [6.45, 7) is 2.55. The van der Waals surface area contributed by atoms with Crippen LogP contribution in [0.15, 0.2) is 12.1 Å². The number of non-ortho nitro benzene ring substituents is 1. The molecule has 7 heteroatoms. The van der Waals surface area contributed by atoms with Crippen molar-refractivity contribution in [2.75, 3.05) is 19.7 Å². The van der Waals surface area contributed by atoms with E-state index in [0.29, 0.717) is 18.3 Å². The van der Waals surface area contributed by atoms with E-state index >= 15 is 0 Å². The van der Waals surface area contributed by atoms with Crippen LogP contribution in [0.4, 0.5) is 5.69 Å². The summed E-state index contributed by atoms with van der Waals surface area (Å²) in [5.74, 6) is 0.926. The van der Waals surface area contributed by atoms with Gasteiger partial charge >= 0.3 is 0 Å². The van der Waals surface area contributed by atoms with Crippen molar-refractivity contribution in [1.29, 1.82) is 0 Å². The van der Waals surface area contributed by atoms with E-state index < -0.39 is 4.92 Å². The van der Waals surface area contributed by atoms with E-state index in [1.54, 1.807) is 0 Å². The Hall–Kier alpha value is -1.04. The Morgan fingerprint density at radius 2 is 2.11 bits per heavy atom. The van der Waals surface area contributed by atoms with E-state index in [4.69, 9.17) is 27.9 Å². The molecule has 0 radical (unpaired) electrons. The van der Waals surface area contributed by atoms with Crippen molar-refractivity contribution in [3.8, 4) is 5.75 Å². The summed E-state index contributed by atoms with van der Waals surface area (Å²) in [6, 6.07) is 2.50. The second-order valence-electron chi connectivity index (χ2n) is 4.49. The standard InChI is InChI=1S/C12H14Cl2N2O3/c13-10-5-9(16(17)18)6-11(14)12(10)19-4-2-8-1-3-15-7-8/h5-6,8,15H,1-4,7H2. The van der Waals surface area contributed by atoms with Crippen LogP contribution < -0.4 is 10.1 Å². The summed E-state index contributed by atoms with van der Waals surface area (Å²) in [5.41, 5.74) is -0.137. The van der Waals surface area contributed by atoms with Crippen molar-refractivity contribution in [1.82, 2.24) is 5.32 Å². The average molecular weight is 305 g/mol. The molecule has 1 aliphatic rings. The van der Waals surface area contributed by atoms with Crippen LogP contribution in [-0.4, -0.2) is 24.6 Å². The molecule has 19 heavy (non-hydrogen) atoms. The maximum Gasteiger partial charge on any atom is 0.272 e. The normalized spacial score (nSPS) is 18.5. The van der Waals surface area contributed by atoms with Crippen LogP contribution in [0.5, 0.6) is 5.75 Å². The molecule has 1 heterocycles. The molecule has 5 nitrogen and oxygen atoms in total. The predicted molar refractivity (Wildman–Crippen MR) is 74.2 cm³/mol. The minimum atomic E-state index is -0.536. The minimum absolute atomic E-state index is 0.137. The van der Waals surface area contributed by atoms with E-state index in [2.05, 4.69) is 5.32 Å². The number of halogens is 2. The lowest BCUT2D eigenvalue weighted by atomic mass is 10.1. The maximum atomic E-state index is 10.6. The van der Waals surface area contributed by atoms with Crippen LogP contribution in [0, 0.1) is 16.0 Å². The van der Waals surface area contributed by atoms with Crippen molar-refractivity contribution in [3.05, 3.63) is 32.3 Å². The fraction of sp³-hybridized carbons (Fsp3) is 0.500. The lowest BCUT2D eigenvalue weighted by molar-refractivity contribution is -0.384. The van der Waals surface area contributed by atoms with Gasteiger partial charge in [0.2, 0.25) is 0 Å². The summed E-state index contributed by atoms with van der Waals surface area (Å²) < 4.78 is 5.55. The van der Waals surface area contributed by atoms with Crippen molar-refractivity contribution in [2.45, 2.75) is 12.8 Å². The Labute approximate surface area is 121 Å². The highest BCUT2D eigenvalue weighted by atomic mass is 35.5. The molecule has 104 valence electrons. The highest BCUT2D eigenvalue weighted by Crippen LogP contribution is 2.36. The highest BCUT2D eigenvalue weighted by molar-refractivity contribution is 6.37. The summed E-state index contributed by atoms with van der Waals surface area (Å²) in [6.07, 6.45) is 2.06. The third kappa shape index (κ3) is 3.72. The average Bonchev–Trinajstić information content (AvgIpc) is 2.85. The smallest absolute Gasteiger partial charge is 0.272 e. The quantitative estimate of drug-likeness (QED) is 0.670. The Kier molecular flexibility index (Phi) is 4.85. The minimum Gasteiger partial charge on any atom is -0.490 e. The van der Waals surface area contributed by atoms with Gasteiger partial charge in [0.25, 0.3) is 5.69 Å². The monoisotopic (exact) mass is 304 g/mol. The second-order valence-corrected chi connectivity index (χ2v) is 5.31. The molecule has 1 aromatic carbocycles.